The second-order valence-corrected chi connectivity index (χ2v) is 8.31. The molecule has 3 heteroatoms. The Kier molecular flexibility index (Phi) is 5.52. The fraction of sp³-hybridized carbons (Fsp3) is 0.750. The van der Waals surface area contributed by atoms with Crippen LogP contribution in [-0.2, 0) is 9.53 Å². The van der Waals surface area contributed by atoms with Crippen LogP contribution < -0.4 is 0 Å². The summed E-state index contributed by atoms with van der Waals surface area (Å²) in [6, 6.07) is 0. The molecule has 0 saturated carbocycles. The van der Waals surface area contributed by atoms with Crippen LogP contribution in [0.2, 0.25) is 0 Å². The predicted molar refractivity (Wildman–Crippen MR) is 93.2 cm³/mol. The van der Waals surface area contributed by atoms with Gasteiger partial charge < -0.3 is 9.84 Å². The maximum absolute atomic E-state index is 12.4. The van der Waals surface area contributed by atoms with Gasteiger partial charge in [0.1, 0.15) is 5.78 Å². The molecule has 4 atom stereocenters. The van der Waals surface area contributed by atoms with E-state index in [-0.39, 0.29) is 18.3 Å². The molecule has 2 aliphatic rings. The van der Waals surface area contributed by atoms with Gasteiger partial charge in [0.2, 0.25) is 0 Å². The minimum atomic E-state index is -1.08. The second-order valence-electron chi connectivity index (χ2n) is 8.31. The van der Waals surface area contributed by atoms with Crippen LogP contribution in [0.15, 0.2) is 24.3 Å². The van der Waals surface area contributed by atoms with Gasteiger partial charge in [-0.1, -0.05) is 32.6 Å². The monoisotopic (exact) mass is 320 g/mol. The van der Waals surface area contributed by atoms with Crippen LogP contribution in [0.4, 0.5) is 0 Å². The highest BCUT2D eigenvalue weighted by Crippen LogP contribution is 2.38. The van der Waals surface area contributed by atoms with Gasteiger partial charge in [-0.05, 0) is 56.9 Å². The van der Waals surface area contributed by atoms with Gasteiger partial charge in [-0.3, -0.25) is 4.79 Å². The van der Waals surface area contributed by atoms with Gasteiger partial charge in [0.25, 0.3) is 0 Å². The van der Waals surface area contributed by atoms with Gasteiger partial charge >= 0.3 is 0 Å². The summed E-state index contributed by atoms with van der Waals surface area (Å²) in [4.78, 5) is 12.4. The van der Waals surface area contributed by atoms with Crippen molar-refractivity contribution in [2.24, 2.45) is 11.8 Å². The number of Topliss-reactive ketones (excluding diaryl/α,β-unsaturated/α-hetero) is 1. The van der Waals surface area contributed by atoms with Crippen LogP contribution in [-0.4, -0.2) is 28.2 Å². The summed E-state index contributed by atoms with van der Waals surface area (Å²) < 4.78 is 6.19. The van der Waals surface area contributed by atoms with Crippen molar-refractivity contribution >= 4 is 5.78 Å². The average molecular weight is 320 g/mol. The third kappa shape index (κ3) is 5.02. The zero-order valence-corrected chi connectivity index (χ0v) is 15.1. The number of rotatable bonds is 1. The molecule has 130 valence electrons. The number of allylic oxidation sites excluding steroid dienone is 1. The maximum atomic E-state index is 12.4. The van der Waals surface area contributed by atoms with E-state index in [1.807, 2.05) is 13.0 Å². The first-order valence-electron chi connectivity index (χ1n) is 8.89. The van der Waals surface area contributed by atoms with Crippen molar-refractivity contribution in [3.63, 3.8) is 0 Å². The van der Waals surface area contributed by atoms with E-state index in [0.717, 1.165) is 31.3 Å². The summed E-state index contributed by atoms with van der Waals surface area (Å²) in [6.07, 6.45) is 8.27. The van der Waals surface area contributed by atoms with Crippen molar-refractivity contribution in [2.75, 3.05) is 0 Å². The van der Waals surface area contributed by atoms with Crippen molar-refractivity contribution in [3.05, 3.63) is 24.3 Å². The largest absolute Gasteiger partial charge is 0.386 e. The molecule has 0 amide bonds. The molecule has 1 fully saturated rings. The second kappa shape index (κ2) is 6.90. The lowest BCUT2D eigenvalue weighted by molar-refractivity contribution is -0.128. The molecule has 2 heterocycles. The smallest absolute Gasteiger partial charge is 0.138 e. The van der Waals surface area contributed by atoms with Gasteiger partial charge in [-0.25, -0.2) is 0 Å². The van der Waals surface area contributed by atoms with Gasteiger partial charge in [-0.2, -0.15) is 0 Å². The standard InChI is InChI=1S/C20H32O3/c1-14(2)16-7-6-15(3)18-9-11-20(5,23-18)13-17(21)12-19(4,22)10-8-16/h8,10,14,16,18,22H,3,6-7,9,11-13H2,1-2,4-5H3/b10-8+/t16-,18+,19-,20-/m1/s1. The summed E-state index contributed by atoms with van der Waals surface area (Å²) in [7, 11) is 0. The van der Waals surface area contributed by atoms with Crippen LogP contribution in [0.1, 0.15) is 66.2 Å². The van der Waals surface area contributed by atoms with E-state index in [4.69, 9.17) is 4.74 Å². The number of carbonyl (C=O) groups is 1. The number of ketones is 1. The quantitative estimate of drug-likeness (QED) is 0.736. The van der Waals surface area contributed by atoms with Crippen LogP contribution in [0.3, 0.4) is 0 Å². The molecule has 1 saturated heterocycles. The minimum absolute atomic E-state index is 0.0637. The summed E-state index contributed by atoms with van der Waals surface area (Å²) in [5, 5.41) is 10.5. The highest BCUT2D eigenvalue weighted by molar-refractivity contribution is 5.80. The average Bonchev–Trinajstić information content (AvgIpc) is 2.78. The highest BCUT2D eigenvalue weighted by Gasteiger charge is 2.39. The molecule has 0 aromatic carbocycles. The van der Waals surface area contributed by atoms with Crippen molar-refractivity contribution < 1.29 is 14.6 Å². The molecule has 2 bridgehead atoms. The van der Waals surface area contributed by atoms with Crippen LogP contribution in [0.5, 0.6) is 0 Å². The van der Waals surface area contributed by atoms with E-state index in [9.17, 15) is 9.90 Å². The lowest BCUT2D eigenvalue weighted by Gasteiger charge is -2.26. The van der Waals surface area contributed by atoms with Crippen molar-refractivity contribution in [1.29, 1.82) is 0 Å². The molecule has 3 nitrogen and oxygen atoms in total. The van der Waals surface area contributed by atoms with Gasteiger partial charge in [0.05, 0.1) is 17.3 Å². The first kappa shape index (κ1) is 18.4. The number of hydrogen-bond acceptors (Lipinski definition) is 3. The molecule has 0 radical (unpaired) electrons. The van der Waals surface area contributed by atoms with Crippen molar-refractivity contribution in [2.45, 2.75) is 83.5 Å². The Morgan fingerprint density at radius 2 is 2.00 bits per heavy atom. The molecule has 2 rings (SSSR count). The van der Waals surface area contributed by atoms with E-state index in [0.29, 0.717) is 18.3 Å². The molecule has 23 heavy (non-hydrogen) atoms. The molecular formula is C20H32O3. The lowest BCUT2D eigenvalue weighted by atomic mass is 9.85. The molecule has 0 aliphatic carbocycles. The maximum Gasteiger partial charge on any atom is 0.138 e. The number of fused-ring (bicyclic) bond motifs is 2. The SMILES string of the molecule is C=C1CC[C@@H](C(C)C)/C=C/[C@@](C)(O)CC(=O)C[C@@]2(C)CC[C@@H]1O2. The summed E-state index contributed by atoms with van der Waals surface area (Å²) >= 11 is 0. The highest BCUT2D eigenvalue weighted by atomic mass is 16.5. The Morgan fingerprint density at radius 1 is 1.30 bits per heavy atom. The van der Waals surface area contributed by atoms with Gasteiger partial charge in [0, 0.05) is 12.8 Å². The first-order valence-corrected chi connectivity index (χ1v) is 8.89. The zero-order valence-electron chi connectivity index (χ0n) is 15.1. The van der Waals surface area contributed by atoms with E-state index in [2.05, 4.69) is 26.5 Å². The lowest BCUT2D eigenvalue weighted by Crippen LogP contribution is -2.32. The Balaban J connectivity index is 2.23. The van der Waals surface area contributed by atoms with Crippen LogP contribution in [0.25, 0.3) is 0 Å². The van der Waals surface area contributed by atoms with Crippen LogP contribution >= 0.6 is 0 Å². The predicted octanol–water partition coefficient (Wildman–Crippen LogP) is 4.20. The van der Waals surface area contributed by atoms with Crippen molar-refractivity contribution in [3.8, 4) is 0 Å². The number of hydrogen-bond donors (Lipinski definition) is 1. The molecule has 1 N–H and O–H groups in total. The molecule has 2 aliphatic heterocycles. The van der Waals surface area contributed by atoms with Gasteiger partial charge in [-0.15, -0.1) is 0 Å². The first-order chi connectivity index (χ1) is 10.6. The van der Waals surface area contributed by atoms with Crippen molar-refractivity contribution in [1.82, 2.24) is 0 Å². The number of carbonyl (C=O) groups excluding carboxylic acids is 1. The number of aliphatic hydroxyl groups is 1. The molecule has 0 aromatic heterocycles. The fourth-order valence-corrected chi connectivity index (χ4v) is 3.75. The summed E-state index contributed by atoms with van der Waals surface area (Å²) in [6.45, 7) is 12.4. The van der Waals surface area contributed by atoms with E-state index in [1.54, 1.807) is 6.92 Å². The fourth-order valence-electron chi connectivity index (χ4n) is 3.75. The molecular weight excluding hydrogens is 288 g/mol. The topological polar surface area (TPSA) is 46.5 Å². The van der Waals surface area contributed by atoms with E-state index in [1.165, 1.54) is 0 Å². The number of ether oxygens (including phenoxy) is 1. The molecule has 0 spiro atoms. The Morgan fingerprint density at radius 3 is 2.65 bits per heavy atom. The molecule has 0 aromatic rings. The van der Waals surface area contributed by atoms with E-state index < -0.39 is 11.2 Å². The third-order valence-electron chi connectivity index (χ3n) is 5.30. The Hall–Kier alpha value is -0.930. The Bertz CT molecular complexity index is 489. The zero-order chi connectivity index (χ0) is 17.3. The summed E-state index contributed by atoms with van der Waals surface area (Å²) in [5.74, 6) is 0.932. The van der Waals surface area contributed by atoms with E-state index >= 15 is 0 Å². The molecule has 0 unspecified atom stereocenters. The van der Waals surface area contributed by atoms with Crippen LogP contribution in [0, 0.1) is 11.8 Å². The Labute approximate surface area is 140 Å². The third-order valence-corrected chi connectivity index (χ3v) is 5.30. The summed E-state index contributed by atoms with van der Waals surface area (Å²) in [5.41, 5.74) is -0.342. The normalized spacial score (nSPS) is 41.3. The minimum Gasteiger partial charge on any atom is -0.386 e. The van der Waals surface area contributed by atoms with Gasteiger partial charge in [0.15, 0.2) is 0 Å².